The Morgan fingerprint density at radius 3 is 2.83 bits per heavy atom. The standard InChI is InChI=1S/C20H28O3/c1-2-3-4-5-6-7-8-9-13-16-19-18(21)15-12-10-11-14-17-20(22)23-19/h3-4,6-10,12-13,16,18-19,21H,2,5,11,14-15,17H2,1H3/b4-3-,7-6+,9-8+,12-10-,16-13-/t18-,19?/m1/s1. The molecule has 1 aliphatic heterocycles. The van der Waals surface area contributed by atoms with Gasteiger partial charge in [-0.05, 0) is 38.2 Å². The maximum absolute atomic E-state index is 11.7. The molecule has 0 aromatic heterocycles. The lowest BCUT2D eigenvalue weighted by Crippen LogP contribution is -2.29. The van der Waals surface area contributed by atoms with Crippen molar-refractivity contribution in [3.63, 3.8) is 0 Å². The fourth-order valence-electron chi connectivity index (χ4n) is 2.11. The fourth-order valence-corrected chi connectivity index (χ4v) is 2.11. The average molecular weight is 316 g/mol. The van der Waals surface area contributed by atoms with E-state index in [1.165, 1.54) is 0 Å². The molecule has 1 rings (SSSR count). The van der Waals surface area contributed by atoms with Crippen LogP contribution >= 0.6 is 0 Å². The van der Waals surface area contributed by atoms with Gasteiger partial charge in [0.1, 0.15) is 6.10 Å². The summed E-state index contributed by atoms with van der Waals surface area (Å²) < 4.78 is 5.34. The highest BCUT2D eigenvalue weighted by atomic mass is 16.6. The van der Waals surface area contributed by atoms with E-state index in [0.29, 0.717) is 12.8 Å². The zero-order chi connectivity index (χ0) is 16.8. The van der Waals surface area contributed by atoms with Crippen LogP contribution in [0.4, 0.5) is 0 Å². The molecule has 1 unspecified atom stereocenters. The molecule has 1 N–H and O–H groups in total. The van der Waals surface area contributed by atoms with Crippen LogP contribution in [0.3, 0.4) is 0 Å². The largest absolute Gasteiger partial charge is 0.455 e. The summed E-state index contributed by atoms with van der Waals surface area (Å²) in [4.78, 5) is 11.7. The molecule has 0 spiro atoms. The molecule has 3 heteroatoms. The van der Waals surface area contributed by atoms with Gasteiger partial charge in [0.05, 0.1) is 6.10 Å². The third kappa shape index (κ3) is 9.69. The molecule has 0 amide bonds. The number of allylic oxidation sites excluding steroid dienone is 8. The summed E-state index contributed by atoms with van der Waals surface area (Å²) in [7, 11) is 0. The van der Waals surface area contributed by atoms with E-state index in [0.717, 1.165) is 25.7 Å². The maximum atomic E-state index is 11.7. The molecule has 0 aromatic rings. The quantitative estimate of drug-likeness (QED) is 0.448. The Bertz CT molecular complexity index is 469. The minimum atomic E-state index is -0.701. The number of esters is 1. The van der Waals surface area contributed by atoms with Crippen molar-refractivity contribution in [2.24, 2.45) is 0 Å². The van der Waals surface area contributed by atoms with Crippen molar-refractivity contribution in [3.8, 4) is 0 Å². The molecule has 0 saturated heterocycles. The third-order valence-electron chi connectivity index (χ3n) is 3.39. The van der Waals surface area contributed by atoms with E-state index in [1.807, 2.05) is 36.5 Å². The number of hydrogen-bond acceptors (Lipinski definition) is 3. The van der Waals surface area contributed by atoms with Gasteiger partial charge in [-0.2, -0.15) is 0 Å². The van der Waals surface area contributed by atoms with E-state index in [1.54, 1.807) is 6.08 Å². The number of aliphatic hydroxyl groups excluding tert-OH is 1. The molecule has 23 heavy (non-hydrogen) atoms. The highest BCUT2D eigenvalue weighted by Crippen LogP contribution is 2.12. The van der Waals surface area contributed by atoms with Crippen LogP contribution < -0.4 is 0 Å². The van der Waals surface area contributed by atoms with Crippen LogP contribution in [0.1, 0.15) is 45.4 Å². The normalized spacial score (nSPS) is 25.6. The lowest BCUT2D eigenvalue weighted by molar-refractivity contribution is -0.151. The van der Waals surface area contributed by atoms with Gasteiger partial charge >= 0.3 is 5.97 Å². The van der Waals surface area contributed by atoms with Crippen LogP contribution in [0.2, 0.25) is 0 Å². The summed E-state index contributed by atoms with van der Waals surface area (Å²) >= 11 is 0. The predicted molar refractivity (Wildman–Crippen MR) is 95.0 cm³/mol. The fraction of sp³-hybridized carbons (Fsp3) is 0.450. The van der Waals surface area contributed by atoms with Gasteiger partial charge in [0.2, 0.25) is 0 Å². The Labute approximate surface area is 139 Å². The van der Waals surface area contributed by atoms with E-state index in [2.05, 4.69) is 25.2 Å². The molecular formula is C20H28O3. The first-order chi connectivity index (χ1) is 11.2. The second-order valence-corrected chi connectivity index (χ2v) is 5.43. The van der Waals surface area contributed by atoms with Gasteiger partial charge in [-0.3, -0.25) is 4.79 Å². The number of carbonyl (C=O) groups excluding carboxylic acids is 1. The van der Waals surface area contributed by atoms with Gasteiger partial charge in [0.25, 0.3) is 0 Å². The summed E-state index contributed by atoms with van der Waals surface area (Å²) in [6.45, 7) is 2.11. The first-order valence-corrected chi connectivity index (χ1v) is 8.41. The Kier molecular flexibility index (Phi) is 10.5. The Morgan fingerprint density at radius 2 is 2.00 bits per heavy atom. The topological polar surface area (TPSA) is 46.5 Å². The molecule has 2 atom stereocenters. The molecule has 0 aromatic carbocycles. The molecule has 1 heterocycles. The molecular weight excluding hydrogens is 288 g/mol. The van der Waals surface area contributed by atoms with E-state index >= 15 is 0 Å². The molecule has 0 bridgehead atoms. The molecule has 0 radical (unpaired) electrons. The summed E-state index contributed by atoms with van der Waals surface area (Å²) in [6.07, 6.45) is 22.8. The van der Waals surface area contributed by atoms with E-state index < -0.39 is 12.2 Å². The molecule has 0 fully saturated rings. The van der Waals surface area contributed by atoms with Crippen LogP contribution in [-0.4, -0.2) is 23.3 Å². The predicted octanol–water partition coefficient (Wildman–Crippen LogP) is 4.41. The number of rotatable bonds is 6. The first kappa shape index (κ1) is 19.2. The van der Waals surface area contributed by atoms with E-state index in [-0.39, 0.29) is 5.97 Å². The van der Waals surface area contributed by atoms with Crippen LogP contribution in [-0.2, 0) is 9.53 Å². The van der Waals surface area contributed by atoms with E-state index in [4.69, 9.17) is 4.74 Å². The van der Waals surface area contributed by atoms with Crippen molar-refractivity contribution in [3.05, 3.63) is 60.8 Å². The van der Waals surface area contributed by atoms with Crippen molar-refractivity contribution < 1.29 is 14.6 Å². The van der Waals surface area contributed by atoms with Crippen molar-refractivity contribution in [1.29, 1.82) is 0 Å². The zero-order valence-corrected chi connectivity index (χ0v) is 13.9. The summed E-state index contributed by atoms with van der Waals surface area (Å²) in [6, 6.07) is 0. The number of cyclic esters (lactones) is 1. The van der Waals surface area contributed by atoms with Crippen LogP contribution in [0, 0.1) is 0 Å². The third-order valence-corrected chi connectivity index (χ3v) is 3.39. The Hall–Kier alpha value is -1.87. The highest BCUT2D eigenvalue weighted by Gasteiger charge is 2.20. The van der Waals surface area contributed by atoms with Gasteiger partial charge < -0.3 is 9.84 Å². The van der Waals surface area contributed by atoms with Crippen molar-refractivity contribution >= 4 is 5.97 Å². The number of carbonyl (C=O) groups is 1. The number of ether oxygens (including phenoxy) is 1. The van der Waals surface area contributed by atoms with Gasteiger partial charge in [-0.25, -0.2) is 0 Å². The molecule has 0 aliphatic carbocycles. The van der Waals surface area contributed by atoms with Crippen LogP contribution in [0.15, 0.2) is 60.8 Å². The molecule has 0 saturated carbocycles. The number of aliphatic hydroxyl groups is 1. The minimum Gasteiger partial charge on any atom is -0.455 e. The lowest BCUT2D eigenvalue weighted by atomic mass is 10.1. The van der Waals surface area contributed by atoms with Crippen LogP contribution in [0.5, 0.6) is 0 Å². The van der Waals surface area contributed by atoms with Crippen molar-refractivity contribution in [2.45, 2.75) is 57.7 Å². The second kappa shape index (κ2) is 12.7. The maximum Gasteiger partial charge on any atom is 0.306 e. The van der Waals surface area contributed by atoms with Crippen molar-refractivity contribution in [1.82, 2.24) is 0 Å². The van der Waals surface area contributed by atoms with Gasteiger partial charge in [0, 0.05) is 6.42 Å². The highest BCUT2D eigenvalue weighted by molar-refractivity contribution is 5.69. The Morgan fingerprint density at radius 1 is 1.17 bits per heavy atom. The SMILES string of the molecule is CC/C=C\C/C=C/C=C/C=C\C1OC(=O)CCC/C=C\C[C@H]1O. The molecule has 3 nitrogen and oxygen atoms in total. The summed E-state index contributed by atoms with van der Waals surface area (Å²) in [5.74, 6) is -0.249. The smallest absolute Gasteiger partial charge is 0.306 e. The van der Waals surface area contributed by atoms with Gasteiger partial charge in [0.15, 0.2) is 0 Å². The summed E-state index contributed by atoms with van der Waals surface area (Å²) in [5.41, 5.74) is 0. The van der Waals surface area contributed by atoms with Gasteiger partial charge in [-0.15, -0.1) is 0 Å². The molecule has 1 aliphatic rings. The number of hydrogen-bond donors (Lipinski definition) is 1. The van der Waals surface area contributed by atoms with Crippen LogP contribution in [0.25, 0.3) is 0 Å². The van der Waals surface area contributed by atoms with Crippen molar-refractivity contribution in [2.75, 3.05) is 0 Å². The van der Waals surface area contributed by atoms with E-state index in [9.17, 15) is 9.90 Å². The Balaban J connectivity index is 2.49. The lowest BCUT2D eigenvalue weighted by Gasteiger charge is -2.20. The first-order valence-electron chi connectivity index (χ1n) is 8.41. The monoisotopic (exact) mass is 316 g/mol. The zero-order valence-electron chi connectivity index (χ0n) is 13.9. The average Bonchev–Trinajstić information content (AvgIpc) is 2.54. The molecule has 126 valence electrons. The van der Waals surface area contributed by atoms with Gasteiger partial charge in [-0.1, -0.05) is 61.6 Å². The summed E-state index contributed by atoms with van der Waals surface area (Å²) in [5, 5.41) is 10.1. The minimum absolute atomic E-state index is 0.249. The second-order valence-electron chi connectivity index (χ2n) is 5.43.